The van der Waals surface area contributed by atoms with Crippen molar-refractivity contribution in [1.29, 1.82) is 0 Å². The van der Waals surface area contributed by atoms with Crippen LogP contribution in [0.2, 0.25) is 0 Å². The average Bonchev–Trinajstić information content (AvgIpc) is 2.96. The lowest BCUT2D eigenvalue weighted by atomic mass is 10.1. The van der Waals surface area contributed by atoms with Crippen LogP contribution in [0.25, 0.3) is 0 Å². The number of amides is 1. The number of rotatable bonds is 5. The predicted octanol–water partition coefficient (Wildman–Crippen LogP) is 1.24. The molecular formula is C12H23ClN2O2. The molecule has 1 amide bonds. The third-order valence-corrected chi connectivity index (χ3v) is 3.43. The highest BCUT2D eigenvalue weighted by atomic mass is 35.5. The van der Waals surface area contributed by atoms with Gasteiger partial charge in [0.1, 0.15) is 0 Å². The van der Waals surface area contributed by atoms with Crippen molar-refractivity contribution in [3.8, 4) is 0 Å². The number of hydrogen-bond donors (Lipinski definition) is 2. The van der Waals surface area contributed by atoms with Gasteiger partial charge in [0.2, 0.25) is 5.91 Å². The lowest BCUT2D eigenvalue weighted by Crippen LogP contribution is -2.33. The Kier molecular flexibility index (Phi) is 6.85. The molecule has 2 unspecified atom stereocenters. The van der Waals surface area contributed by atoms with Gasteiger partial charge in [0, 0.05) is 25.6 Å². The third kappa shape index (κ3) is 5.23. The molecule has 2 aliphatic heterocycles. The molecule has 2 fully saturated rings. The Bertz CT molecular complexity index is 205. The Balaban J connectivity index is 0.00000144. The summed E-state index contributed by atoms with van der Waals surface area (Å²) < 4.78 is 5.45. The summed E-state index contributed by atoms with van der Waals surface area (Å²) >= 11 is 0. The second-order valence-corrected chi connectivity index (χ2v) is 4.77. The van der Waals surface area contributed by atoms with E-state index in [1.54, 1.807) is 0 Å². The Labute approximate surface area is 109 Å². The average molecular weight is 263 g/mol. The topological polar surface area (TPSA) is 50.4 Å². The third-order valence-electron chi connectivity index (χ3n) is 3.43. The van der Waals surface area contributed by atoms with Crippen LogP contribution in [0.3, 0.4) is 0 Å². The highest BCUT2D eigenvalue weighted by molar-refractivity contribution is 5.85. The summed E-state index contributed by atoms with van der Waals surface area (Å²) in [5, 5.41) is 6.36. The summed E-state index contributed by atoms with van der Waals surface area (Å²) in [6.45, 7) is 2.66. The molecule has 0 saturated carbocycles. The largest absolute Gasteiger partial charge is 0.376 e. The van der Waals surface area contributed by atoms with Crippen LogP contribution in [0, 0.1) is 0 Å². The molecule has 4 nitrogen and oxygen atoms in total. The summed E-state index contributed by atoms with van der Waals surface area (Å²) in [4.78, 5) is 11.6. The van der Waals surface area contributed by atoms with Crippen LogP contribution < -0.4 is 10.6 Å². The molecule has 0 aromatic carbocycles. The van der Waals surface area contributed by atoms with Crippen LogP contribution in [0.1, 0.15) is 38.5 Å². The van der Waals surface area contributed by atoms with Gasteiger partial charge in [0.25, 0.3) is 0 Å². The molecule has 0 aromatic rings. The van der Waals surface area contributed by atoms with Gasteiger partial charge < -0.3 is 15.4 Å². The van der Waals surface area contributed by atoms with Gasteiger partial charge in [-0.15, -0.1) is 12.4 Å². The number of hydrogen-bond acceptors (Lipinski definition) is 3. The minimum atomic E-state index is 0. The lowest BCUT2D eigenvalue weighted by Gasteiger charge is -2.12. The van der Waals surface area contributed by atoms with Crippen molar-refractivity contribution in [3.05, 3.63) is 0 Å². The second-order valence-electron chi connectivity index (χ2n) is 4.77. The molecule has 2 heterocycles. The molecular weight excluding hydrogens is 240 g/mol. The minimum Gasteiger partial charge on any atom is -0.376 e. The molecule has 0 aromatic heterocycles. The van der Waals surface area contributed by atoms with E-state index in [0.717, 1.165) is 32.4 Å². The quantitative estimate of drug-likeness (QED) is 0.784. The highest BCUT2D eigenvalue weighted by Crippen LogP contribution is 2.12. The van der Waals surface area contributed by atoms with Crippen molar-refractivity contribution < 1.29 is 9.53 Å². The van der Waals surface area contributed by atoms with E-state index in [9.17, 15) is 4.79 Å². The minimum absolute atomic E-state index is 0. The zero-order chi connectivity index (χ0) is 11.2. The summed E-state index contributed by atoms with van der Waals surface area (Å²) in [5.74, 6) is 0.171. The van der Waals surface area contributed by atoms with Gasteiger partial charge in [-0.25, -0.2) is 0 Å². The van der Waals surface area contributed by atoms with E-state index in [4.69, 9.17) is 4.74 Å². The second kappa shape index (κ2) is 7.90. The summed E-state index contributed by atoms with van der Waals surface area (Å²) in [6, 6.07) is 0.563. The Morgan fingerprint density at radius 3 is 2.88 bits per heavy atom. The number of ether oxygens (including phenoxy) is 1. The lowest BCUT2D eigenvalue weighted by molar-refractivity contribution is -0.121. The normalized spacial score (nSPS) is 27.8. The molecule has 2 rings (SSSR count). The van der Waals surface area contributed by atoms with Gasteiger partial charge in [0.15, 0.2) is 0 Å². The molecule has 2 saturated heterocycles. The van der Waals surface area contributed by atoms with Crippen molar-refractivity contribution in [2.45, 2.75) is 50.7 Å². The summed E-state index contributed by atoms with van der Waals surface area (Å²) in [5.41, 5.74) is 0. The monoisotopic (exact) mass is 262 g/mol. The van der Waals surface area contributed by atoms with Crippen molar-refractivity contribution in [2.75, 3.05) is 19.7 Å². The van der Waals surface area contributed by atoms with Crippen LogP contribution in [0.15, 0.2) is 0 Å². The van der Waals surface area contributed by atoms with E-state index in [2.05, 4.69) is 10.6 Å². The Morgan fingerprint density at radius 2 is 2.24 bits per heavy atom. The number of carbonyl (C=O) groups excluding carboxylic acids is 1. The van der Waals surface area contributed by atoms with Gasteiger partial charge >= 0.3 is 0 Å². The van der Waals surface area contributed by atoms with Crippen molar-refractivity contribution in [2.24, 2.45) is 0 Å². The van der Waals surface area contributed by atoms with Crippen LogP contribution in [0.4, 0.5) is 0 Å². The smallest absolute Gasteiger partial charge is 0.220 e. The fourth-order valence-corrected chi connectivity index (χ4v) is 2.43. The Morgan fingerprint density at radius 1 is 1.35 bits per heavy atom. The first kappa shape index (κ1) is 14.7. The van der Waals surface area contributed by atoms with Crippen LogP contribution in [-0.4, -0.2) is 37.7 Å². The molecule has 0 bridgehead atoms. The van der Waals surface area contributed by atoms with Gasteiger partial charge in [-0.3, -0.25) is 4.79 Å². The van der Waals surface area contributed by atoms with E-state index < -0.39 is 0 Å². The molecule has 2 N–H and O–H groups in total. The molecule has 0 spiro atoms. The maximum atomic E-state index is 11.6. The van der Waals surface area contributed by atoms with Gasteiger partial charge in [0.05, 0.1) is 6.10 Å². The SMILES string of the molecule is Cl.O=C(CCC1CCCN1)NCC1CCCO1. The zero-order valence-corrected chi connectivity index (χ0v) is 11.1. The molecule has 0 aliphatic carbocycles. The first-order chi connectivity index (χ1) is 7.84. The van der Waals surface area contributed by atoms with E-state index in [-0.39, 0.29) is 24.4 Å². The predicted molar refractivity (Wildman–Crippen MR) is 69.5 cm³/mol. The van der Waals surface area contributed by atoms with Crippen molar-refractivity contribution in [3.63, 3.8) is 0 Å². The van der Waals surface area contributed by atoms with Crippen LogP contribution in [0.5, 0.6) is 0 Å². The molecule has 2 atom stereocenters. The standard InChI is InChI=1S/C12H22N2O2.ClH/c15-12(6-5-10-3-1-7-13-10)14-9-11-4-2-8-16-11;/h10-11,13H,1-9H2,(H,14,15);1H. The molecule has 5 heteroatoms. The van der Waals surface area contributed by atoms with Gasteiger partial charge in [-0.1, -0.05) is 0 Å². The van der Waals surface area contributed by atoms with Crippen molar-refractivity contribution >= 4 is 18.3 Å². The Hall–Kier alpha value is -0.320. The summed E-state index contributed by atoms with van der Waals surface area (Å²) in [7, 11) is 0. The molecule has 2 aliphatic rings. The van der Waals surface area contributed by atoms with E-state index in [1.165, 1.54) is 12.8 Å². The van der Waals surface area contributed by atoms with Gasteiger partial charge in [-0.2, -0.15) is 0 Å². The van der Waals surface area contributed by atoms with Crippen LogP contribution >= 0.6 is 12.4 Å². The first-order valence-electron chi connectivity index (χ1n) is 6.46. The molecule has 100 valence electrons. The number of halogens is 1. The fraction of sp³-hybridized carbons (Fsp3) is 0.917. The molecule has 17 heavy (non-hydrogen) atoms. The van der Waals surface area contributed by atoms with E-state index in [1.807, 2.05) is 0 Å². The number of nitrogens with one attached hydrogen (secondary N) is 2. The van der Waals surface area contributed by atoms with Crippen molar-refractivity contribution in [1.82, 2.24) is 10.6 Å². The zero-order valence-electron chi connectivity index (χ0n) is 10.2. The van der Waals surface area contributed by atoms with E-state index in [0.29, 0.717) is 19.0 Å². The summed E-state index contributed by atoms with van der Waals surface area (Å²) in [6.07, 6.45) is 6.56. The fourth-order valence-electron chi connectivity index (χ4n) is 2.43. The maximum absolute atomic E-state index is 11.6. The van der Waals surface area contributed by atoms with Gasteiger partial charge in [-0.05, 0) is 38.6 Å². The maximum Gasteiger partial charge on any atom is 0.220 e. The number of carbonyl (C=O) groups is 1. The van der Waals surface area contributed by atoms with Crippen LogP contribution in [-0.2, 0) is 9.53 Å². The highest BCUT2D eigenvalue weighted by Gasteiger charge is 2.18. The van der Waals surface area contributed by atoms with E-state index >= 15 is 0 Å². The molecule has 0 radical (unpaired) electrons. The first-order valence-corrected chi connectivity index (χ1v) is 6.46.